The molecule has 6 rings (SSSR count). The van der Waals surface area contributed by atoms with E-state index >= 15 is 4.39 Å². The maximum Gasteiger partial charge on any atom is 0.123 e. The van der Waals surface area contributed by atoms with Gasteiger partial charge in [0.15, 0.2) is 0 Å². The van der Waals surface area contributed by atoms with Crippen LogP contribution >= 0.6 is 11.8 Å². The summed E-state index contributed by atoms with van der Waals surface area (Å²) < 4.78 is 28.7. The third-order valence-corrected chi connectivity index (χ3v) is 10.8. The van der Waals surface area contributed by atoms with Gasteiger partial charge in [-0.1, -0.05) is 37.5 Å². The molecule has 8 unspecified atom stereocenters. The SMILES string of the molecule is FC1CC(N2CCOCC2)CCC1C1(C2=CCCS2)C=CC2C(CCC3CCCCC32)O1. The molecule has 0 spiro atoms. The summed E-state index contributed by atoms with van der Waals surface area (Å²) in [6.07, 6.45) is 18.5. The standard InChI is InChI=1S/C27H40FNO2S/c28-24-18-20(29-13-15-30-16-14-29)8-9-23(24)27(26-6-3-17-32-26)12-11-22-21-5-2-1-4-19(21)7-10-25(22)31-27/h6,11-12,19-25H,1-5,7-10,13-18H2. The van der Waals surface area contributed by atoms with Crippen molar-refractivity contribution in [1.29, 1.82) is 0 Å². The van der Waals surface area contributed by atoms with Crippen molar-refractivity contribution in [2.75, 3.05) is 32.1 Å². The Kier molecular flexibility index (Phi) is 6.47. The molecule has 0 aromatic carbocycles. The maximum absolute atomic E-state index is 16.0. The molecule has 6 aliphatic rings. The summed E-state index contributed by atoms with van der Waals surface area (Å²) in [6, 6.07) is 0.366. The molecule has 8 atom stereocenters. The second kappa shape index (κ2) is 9.36. The van der Waals surface area contributed by atoms with E-state index in [0.29, 0.717) is 18.4 Å². The van der Waals surface area contributed by atoms with Crippen molar-refractivity contribution in [3.63, 3.8) is 0 Å². The van der Waals surface area contributed by atoms with Crippen molar-refractivity contribution >= 4 is 11.8 Å². The van der Waals surface area contributed by atoms with Crippen LogP contribution in [0.3, 0.4) is 0 Å². The molecular formula is C27H40FNO2S. The van der Waals surface area contributed by atoms with E-state index < -0.39 is 11.8 Å². The minimum atomic E-state index is -0.800. The molecule has 0 radical (unpaired) electrons. The Morgan fingerprint density at radius 2 is 1.91 bits per heavy atom. The molecule has 3 aliphatic carbocycles. The zero-order valence-corrected chi connectivity index (χ0v) is 20.2. The summed E-state index contributed by atoms with van der Waals surface area (Å²) in [4.78, 5) is 3.79. The first-order chi connectivity index (χ1) is 15.7. The molecule has 178 valence electrons. The average molecular weight is 462 g/mol. The quantitative estimate of drug-likeness (QED) is 0.499. The highest BCUT2D eigenvalue weighted by Crippen LogP contribution is 2.55. The van der Waals surface area contributed by atoms with Crippen LogP contribution in [0.15, 0.2) is 23.1 Å². The number of rotatable bonds is 3. The lowest BCUT2D eigenvalue weighted by Gasteiger charge is -2.54. The van der Waals surface area contributed by atoms with Crippen LogP contribution in [-0.4, -0.2) is 60.9 Å². The zero-order chi connectivity index (χ0) is 21.5. The molecule has 0 bridgehead atoms. The third kappa shape index (κ3) is 3.93. The van der Waals surface area contributed by atoms with Crippen molar-refractivity contribution in [3.8, 4) is 0 Å². The first-order valence-electron chi connectivity index (χ1n) is 13.4. The van der Waals surface area contributed by atoms with Gasteiger partial charge in [-0.3, -0.25) is 4.90 Å². The third-order valence-electron chi connectivity index (χ3n) is 9.57. The molecule has 3 aliphatic heterocycles. The number of allylic oxidation sites excluding steroid dienone is 1. The first kappa shape index (κ1) is 22.1. The van der Waals surface area contributed by atoms with Crippen molar-refractivity contribution in [2.45, 2.75) is 88.1 Å². The van der Waals surface area contributed by atoms with E-state index in [2.05, 4.69) is 23.1 Å². The van der Waals surface area contributed by atoms with Gasteiger partial charge in [0.1, 0.15) is 11.8 Å². The summed E-state index contributed by atoms with van der Waals surface area (Å²) >= 11 is 1.93. The second-order valence-corrected chi connectivity index (χ2v) is 12.3. The number of hydrogen-bond donors (Lipinski definition) is 0. The summed E-state index contributed by atoms with van der Waals surface area (Å²) in [7, 11) is 0. The van der Waals surface area contributed by atoms with Crippen LogP contribution in [0.1, 0.15) is 64.2 Å². The van der Waals surface area contributed by atoms with Gasteiger partial charge in [0.2, 0.25) is 0 Å². The van der Waals surface area contributed by atoms with Gasteiger partial charge < -0.3 is 9.47 Å². The van der Waals surface area contributed by atoms with Crippen molar-refractivity contribution < 1.29 is 13.9 Å². The van der Waals surface area contributed by atoms with E-state index in [-0.39, 0.29) is 12.0 Å². The fourth-order valence-corrected chi connectivity index (χ4v) is 9.16. The average Bonchev–Trinajstić information content (AvgIpc) is 3.40. The lowest BCUT2D eigenvalue weighted by Crippen LogP contribution is -2.56. The normalized spacial score (nSPS) is 47.5. The molecule has 0 amide bonds. The first-order valence-corrected chi connectivity index (χ1v) is 14.4. The molecule has 3 heterocycles. The lowest BCUT2D eigenvalue weighted by atomic mass is 9.62. The van der Waals surface area contributed by atoms with Crippen LogP contribution in [-0.2, 0) is 9.47 Å². The van der Waals surface area contributed by atoms with E-state index in [9.17, 15) is 0 Å². The van der Waals surface area contributed by atoms with Crippen LogP contribution < -0.4 is 0 Å². The van der Waals surface area contributed by atoms with Gasteiger partial charge >= 0.3 is 0 Å². The molecule has 3 saturated carbocycles. The van der Waals surface area contributed by atoms with Gasteiger partial charge in [0.25, 0.3) is 0 Å². The predicted octanol–water partition coefficient (Wildman–Crippen LogP) is 5.76. The number of hydrogen-bond acceptors (Lipinski definition) is 4. The Labute approximate surface area is 197 Å². The van der Waals surface area contributed by atoms with E-state index in [4.69, 9.17) is 9.47 Å². The highest BCUT2D eigenvalue weighted by Gasteiger charge is 2.54. The molecule has 3 nitrogen and oxygen atoms in total. The molecule has 0 aromatic rings. The van der Waals surface area contributed by atoms with Gasteiger partial charge in [-0.2, -0.15) is 0 Å². The topological polar surface area (TPSA) is 21.7 Å². The van der Waals surface area contributed by atoms with Gasteiger partial charge in [-0.05, 0) is 56.8 Å². The molecule has 1 saturated heterocycles. The number of morpholine rings is 1. The number of halogens is 1. The summed E-state index contributed by atoms with van der Waals surface area (Å²) in [6.45, 7) is 3.50. The lowest BCUT2D eigenvalue weighted by molar-refractivity contribution is -0.149. The fourth-order valence-electron chi connectivity index (χ4n) is 7.97. The minimum absolute atomic E-state index is 0.0436. The number of alkyl halides is 1. The fraction of sp³-hybridized carbons (Fsp3) is 0.852. The summed E-state index contributed by atoms with van der Waals surface area (Å²) in [5, 5.41) is 0. The molecule has 0 N–H and O–H groups in total. The van der Waals surface area contributed by atoms with Gasteiger partial charge in [-0.15, -0.1) is 11.8 Å². The van der Waals surface area contributed by atoms with E-state index in [0.717, 1.165) is 69.6 Å². The number of ether oxygens (including phenoxy) is 2. The van der Waals surface area contributed by atoms with Crippen molar-refractivity contribution in [1.82, 2.24) is 4.90 Å². The van der Waals surface area contributed by atoms with Crippen molar-refractivity contribution in [2.24, 2.45) is 23.7 Å². The maximum atomic E-state index is 16.0. The Hall–Kier alpha value is -0.360. The number of thioether (sulfide) groups is 1. The van der Waals surface area contributed by atoms with E-state index in [1.165, 1.54) is 37.0 Å². The van der Waals surface area contributed by atoms with Gasteiger partial charge in [0, 0.05) is 41.6 Å². The Morgan fingerprint density at radius 1 is 1.03 bits per heavy atom. The van der Waals surface area contributed by atoms with Crippen LogP contribution in [0.2, 0.25) is 0 Å². The number of fused-ring (bicyclic) bond motifs is 3. The Bertz CT molecular complexity index is 737. The van der Waals surface area contributed by atoms with Crippen molar-refractivity contribution in [3.05, 3.63) is 23.1 Å². The van der Waals surface area contributed by atoms with Gasteiger partial charge in [-0.25, -0.2) is 4.39 Å². The monoisotopic (exact) mass is 461 g/mol. The van der Waals surface area contributed by atoms with Crippen LogP contribution in [0.5, 0.6) is 0 Å². The van der Waals surface area contributed by atoms with E-state index in [1.807, 2.05) is 11.8 Å². The molecular weight excluding hydrogens is 421 g/mol. The predicted molar refractivity (Wildman–Crippen MR) is 128 cm³/mol. The second-order valence-electron chi connectivity index (χ2n) is 11.1. The Balaban J connectivity index is 1.25. The number of nitrogens with zero attached hydrogens (tertiary/aromatic N) is 1. The van der Waals surface area contributed by atoms with Crippen LogP contribution in [0.25, 0.3) is 0 Å². The highest BCUT2D eigenvalue weighted by atomic mass is 32.2. The minimum Gasteiger partial charge on any atom is -0.379 e. The van der Waals surface area contributed by atoms with Crippen LogP contribution in [0, 0.1) is 23.7 Å². The van der Waals surface area contributed by atoms with Crippen LogP contribution in [0.4, 0.5) is 4.39 Å². The summed E-state index contributed by atoms with van der Waals surface area (Å²) in [5.74, 6) is 3.31. The molecule has 32 heavy (non-hydrogen) atoms. The van der Waals surface area contributed by atoms with Gasteiger partial charge in [0.05, 0.1) is 19.3 Å². The molecule has 4 fully saturated rings. The largest absolute Gasteiger partial charge is 0.379 e. The molecule has 5 heteroatoms. The van der Waals surface area contributed by atoms with E-state index in [1.54, 1.807) is 0 Å². The Morgan fingerprint density at radius 3 is 2.72 bits per heavy atom. The smallest absolute Gasteiger partial charge is 0.123 e. The zero-order valence-electron chi connectivity index (χ0n) is 19.4. The highest BCUT2D eigenvalue weighted by molar-refractivity contribution is 8.03. The summed E-state index contributed by atoms with van der Waals surface area (Å²) in [5.41, 5.74) is -0.515. The molecule has 0 aromatic heterocycles.